The average molecular weight is 261 g/mol. The summed E-state index contributed by atoms with van der Waals surface area (Å²) < 4.78 is 0. The van der Waals surface area contributed by atoms with Crippen molar-refractivity contribution in [3.8, 4) is 0 Å². The van der Waals surface area contributed by atoms with Crippen molar-refractivity contribution in [2.45, 2.75) is 58.4 Å². The number of piperidine rings is 1. The molecule has 3 nitrogen and oxygen atoms in total. The lowest BCUT2D eigenvalue weighted by Gasteiger charge is -2.37. The van der Waals surface area contributed by atoms with Gasteiger partial charge in [-0.1, -0.05) is 19.4 Å². The van der Waals surface area contributed by atoms with E-state index in [1.54, 1.807) is 0 Å². The molecular weight excluding hydrogens is 234 g/mol. The highest BCUT2D eigenvalue weighted by molar-refractivity contribution is 5.48. The van der Waals surface area contributed by atoms with Crippen molar-refractivity contribution in [3.63, 3.8) is 0 Å². The number of aromatic nitrogens is 1. The van der Waals surface area contributed by atoms with Crippen LogP contribution in [0, 0.1) is 6.92 Å². The zero-order valence-electron chi connectivity index (χ0n) is 12.4. The molecule has 0 aliphatic carbocycles. The molecular formula is C16H27N3. The molecule has 1 fully saturated rings. The number of anilines is 1. The maximum atomic E-state index is 5.61. The summed E-state index contributed by atoms with van der Waals surface area (Å²) in [5.74, 6) is 1.19. The Morgan fingerprint density at radius 3 is 2.95 bits per heavy atom. The van der Waals surface area contributed by atoms with E-state index >= 15 is 0 Å². The van der Waals surface area contributed by atoms with Crippen LogP contribution in [0.4, 0.5) is 5.82 Å². The fraction of sp³-hybridized carbons (Fsp3) is 0.688. The Balaban J connectivity index is 2.18. The van der Waals surface area contributed by atoms with Crippen LogP contribution in [0.25, 0.3) is 0 Å². The summed E-state index contributed by atoms with van der Waals surface area (Å²) >= 11 is 0. The van der Waals surface area contributed by atoms with Crippen LogP contribution in [-0.4, -0.2) is 24.1 Å². The van der Waals surface area contributed by atoms with Gasteiger partial charge in [0, 0.05) is 18.8 Å². The first-order valence-corrected chi connectivity index (χ1v) is 7.68. The van der Waals surface area contributed by atoms with Crippen molar-refractivity contribution < 1.29 is 0 Å². The lowest BCUT2D eigenvalue weighted by molar-refractivity contribution is 0.431. The number of pyridine rings is 1. The molecule has 1 aliphatic rings. The van der Waals surface area contributed by atoms with E-state index in [1.807, 2.05) is 6.20 Å². The standard InChI is InChI=1S/C16H27N3/c1-3-6-15-7-4-5-10-19(15)16-13(2)11-14(8-9-17)12-18-16/h11-12,15H,3-10,17H2,1-2H3. The van der Waals surface area contributed by atoms with E-state index in [4.69, 9.17) is 10.7 Å². The Kier molecular flexibility index (Phi) is 5.20. The van der Waals surface area contributed by atoms with Gasteiger partial charge in [0.2, 0.25) is 0 Å². The third-order valence-electron chi connectivity index (χ3n) is 4.06. The first-order valence-electron chi connectivity index (χ1n) is 7.68. The first-order chi connectivity index (χ1) is 9.26. The highest BCUT2D eigenvalue weighted by Gasteiger charge is 2.23. The molecule has 106 valence electrons. The number of nitrogens with two attached hydrogens (primary N) is 1. The molecule has 1 atom stereocenters. The van der Waals surface area contributed by atoms with Gasteiger partial charge in [-0.05, 0) is 56.7 Å². The van der Waals surface area contributed by atoms with E-state index in [2.05, 4.69) is 24.8 Å². The number of rotatable bonds is 5. The topological polar surface area (TPSA) is 42.2 Å². The molecule has 2 rings (SSSR count). The van der Waals surface area contributed by atoms with E-state index in [1.165, 1.54) is 49.0 Å². The third kappa shape index (κ3) is 3.47. The van der Waals surface area contributed by atoms with Crippen molar-refractivity contribution in [3.05, 3.63) is 23.4 Å². The second-order valence-electron chi connectivity index (χ2n) is 5.65. The molecule has 1 aromatic rings. The molecule has 0 radical (unpaired) electrons. The van der Waals surface area contributed by atoms with Crippen LogP contribution in [-0.2, 0) is 6.42 Å². The van der Waals surface area contributed by atoms with E-state index in [9.17, 15) is 0 Å². The molecule has 2 N–H and O–H groups in total. The molecule has 0 aromatic carbocycles. The minimum atomic E-state index is 0.685. The van der Waals surface area contributed by atoms with Crippen LogP contribution in [0.1, 0.15) is 50.2 Å². The summed E-state index contributed by atoms with van der Waals surface area (Å²) in [6.45, 7) is 6.31. The molecule has 19 heavy (non-hydrogen) atoms. The molecule has 3 heteroatoms. The predicted molar refractivity (Wildman–Crippen MR) is 81.6 cm³/mol. The lowest BCUT2D eigenvalue weighted by Crippen LogP contribution is -2.40. The summed E-state index contributed by atoms with van der Waals surface area (Å²) in [4.78, 5) is 7.26. The van der Waals surface area contributed by atoms with Gasteiger partial charge in [0.25, 0.3) is 0 Å². The highest BCUT2D eigenvalue weighted by atomic mass is 15.2. The lowest BCUT2D eigenvalue weighted by atomic mass is 9.97. The van der Waals surface area contributed by atoms with Crippen LogP contribution in [0.15, 0.2) is 12.3 Å². The van der Waals surface area contributed by atoms with Gasteiger partial charge in [-0.3, -0.25) is 0 Å². The Morgan fingerprint density at radius 2 is 2.26 bits per heavy atom. The molecule has 0 amide bonds. The fourth-order valence-corrected chi connectivity index (χ4v) is 3.14. The van der Waals surface area contributed by atoms with Crippen molar-refractivity contribution in [2.75, 3.05) is 18.0 Å². The van der Waals surface area contributed by atoms with Gasteiger partial charge in [-0.15, -0.1) is 0 Å². The molecule has 2 heterocycles. The zero-order valence-corrected chi connectivity index (χ0v) is 12.4. The highest BCUT2D eigenvalue weighted by Crippen LogP contribution is 2.28. The largest absolute Gasteiger partial charge is 0.353 e. The van der Waals surface area contributed by atoms with Crippen LogP contribution in [0.5, 0.6) is 0 Å². The van der Waals surface area contributed by atoms with E-state index < -0.39 is 0 Å². The van der Waals surface area contributed by atoms with Crippen molar-refractivity contribution >= 4 is 5.82 Å². The van der Waals surface area contributed by atoms with Gasteiger partial charge in [0.05, 0.1) is 0 Å². The summed E-state index contributed by atoms with van der Waals surface area (Å²) in [6, 6.07) is 2.94. The third-order valence-corrected chi connectivity index (χ3v) is 4.06. The minimum Gasteiger partial charge on any atom is -0.353 e. The molecule has 1 unspecified atom stereocenters. The smallest absolute Gasteiger partial charge is 0.131 e. The number of hydrogen-bond acceptors (Lipinski definition) is 3. The van der Waals surface area contributed by atoms with E-state index in [0.717, 1.165) is 13.0 Å². The van der Waals surface area contributed by atoms with Crippen LogP contribution >= 0.6 is 0 Å². The summed E-state index contributed by atoms with van der Waals surface area (Å²) in [6.07, 6.45) is 9.45. The minimum absolute atomic E-state index is 0.685. The Labute approximate surface area is 117 Å². The summed E-state index contributed by atoms with van der Waals surface area (Å²) in [5, 5.41) is 0. The first kappa shape index (κ1) is 14.3. The molecule has 1 aromatic heterocycles. The van der Waals surface area contributed by atoms with Crippen LogP contribution in [0.2, 0.25) is 0 Å². The van der Waals surface area contributed by atoms with Crippen molar-refractivity contribution in [1.82, 2.24) is 4.98 Å². The van der Waals surface area contributed by atoms with Gasteiger partial charge >= 0.3 is 0 Å². The normalized spacial score (nSPS) is 19.7. The SMILES string of the molecule is CCCC1CCCCN1c1ncc(CCN)cc1C. The summed E-state index contributed by atoms with van der Waals surface area (Å²) in [7, 11) is 0. The van der Waals surface area contributed by atoms with Crippen LogP contribution in [0.3, 0.4) is 0 Å². The quantitative estimate of drug-likeness (QED) is 0.886. The number of aryl methyl sites for hydroxylation is 1. The van der Waals surface area contributed by atoms with E-state index in [-0.39, 0.29) is 0 Å². The Hall–Kier alpha value is -1.09. The molecule has 0 bridgehead atoms. The van der Waals surface area contributed by atoms with Gasteiger partial charge in [-0.25, -0.2) is 4.98 Å². The molecule has 0 saturated carbocycles. The van der Waals surface area contributed by atoms with E-state index in [0.29, 0.717) is 12.6 Å². The summed E-state index contributed by atoms with van der Waals surface area (Å²) in [5.41, 5.74) is 8.17. The van der Waals surface area contributed by atoms with Crippen molar-refractivity contribution in [2.24, 2.45) is 5.73 Å². The zero-order chi connectivity index (χ0) is 13.7. The predicted octanol–water partition coefficient (Wildman–Crippen LogP) is 3.05. The number of hydrogen-bond donors (Lipinski definition) is 1. The maximum Gasteiger partial charge on any atom is 0.131 e. The van der Waals surface area contributed by atoms with Gasteiger partial charge < -0.3 is 10.6 Å². The Bertz CT molecular complexity index is 401. The average Bonchev–Trinajstić information content (AvgIpc) is 2.41. The van der Waals surface area contributed by atoms with Crippen LogP contribution < -0.4 is 10.6 Å². The molecule has 0 spiro atoms. The monoisotopic (exact) mass is 261 g/mol. The number of nitrogens with zero attached hydrogens (tertiary/aromatic N) is 2. The molecule has 1 aliphatic heterocycles. The van der Waals surface area contributed by atoms with Crippen molar-refractivity contribution in [1.29, 1.82) is 0 Å². The molecule has 1 saturated heterocycles. The second-order valence-corrected chi connectivity index (χ2v) is 5.65. The van der Waals surface area contributed by atoms with Gasteiger partial charge in [0.1, 0.15) is 5.82 Å². The van der Waals surface area contributed by atoms with Gasteiger partial charge in [0.15, 0.2) is 0 Å². The second kappa shape index (κ2) is 6.90. The van der Waals surface area contributed by atoms with Gasteiger partial charge in [-0.2, -0.15) is 0 Å². The maximum absolute atomic E-state index is 5.61. The fourth-order valence-electron chi connectivity index (χ4n) is 3.14. The Morgan fingerprint density at radius 1 is 1.42 bits per heavy atom.